The van der Waals surface area contributed by atoms with Crippen molar-refractivity contribution in [1.29, 1.82) is 0 Å². The molecule has 1 atom stereocenters. The largest absolute Gasteiger partial charge is 0.480 e. The SMILES string of the molecule is CNC(CCc1cncnc1)C(=O)O. The summed E-state index contributed by atoms with van der Waals surface area (Å²) in [5.41, 5.74) is 0.953. The third kappa shape index (κ3) is 3.10. The number of carboxylic acid groups (broad SMARTS) is 1. The van der Waals surface area contributed by atoms with Crippen molar-refractivity contribution < 1.29 is 9.90 Å². The number of carbonyl (C=O) groups is 1. The van der Waals surface area contributed by atoms with Gasteiger partial charge in [0.05, 0.1) is 0 Å². The number of nitrogens with zero attached hydrogens (tertiary/aromatic N) is 2. The molecule has 0 aliphatic heterocycles. The fraction of sp³-hybridized carbons (Fsp3) is 0.444. The number of aromatic nitrogens is 2. The van der Waals surface area contributed by atoms with Gasteiger partial charge in [-0.25, -0.2) is 9.97 Å². The van der Waals surface area contributed by atoms with E-state index in [4.69, 9.17) is 5.11 Å². The minimum absolute atomic E-state index is 0.504. The molecule has 1 rings (SSSR count). The summed E-state index contributed by atoms with van der Waals surface area (Å²) in [4.78, 5) is 18.4. The summed E-state index contributed by atoms with van der Waals surface area (Å²) in [5, 5.41) is 11.5. The third-order valence-corrected chi connectivity index (χ3v) is 1.98. The fourth-order valence-corrected chi connectivity index (χ4v) is 1.16. The van der Waals surface area contributed by atoms with Gasteiger partial charge in [0.2, 0.25) is 0 Å². The molecular formula is C9H13N3O2. The van der Waals surface area contributed by atoms with Crippen molar-refractivity contribution in [1.82, 2.24) is 15.3 Å². The van der Waals surface area contributed by atoms with Crippen LogP contribution < -0.4 is 5.32 Å². The molecule has 0 saturated heterocycles. The van der Waals surface area contributed by atoms with Crippen LogP contribution >= 0.6 is 0 Å². The first-order valence-corrected chi connectivity index (χ1v) is 4.38. The second-order valence-corrected chi connectivity index (χ2v) is 2.96. The van der Waals surface area contributed by atoms with Crippen LogP contribution in [0.3, 0.4) is 0 Å². The summed E-state index contributed by atoms with van der Waals surface area (Å²) in [6, 6.07) is -0.504. The minimum atomic E-state index is -0.829. The number of rotatable bonds is 5. The predicted molar refractivity (Wildman–Crippen MR) is 50.8 cm³/mol. The van der Waals surface area contributed by atoms with E-state index < -0.39 is 12.0 Å². The number of aryl methyl sites for hydroxylation is 1. The van der Waals surface area contributed by atoms with Crippen LogP contribution in [0.2, 0.25) is 0 Å². The van der Waals surface area contributed by atoms with E-state index >= 15 is 0 Å². The maximum absolute atomic E-state index is 10.7. The van der Waals surface area contributed by atoms with Crippen molar-refractivity contribution in [3.63, 3.8) is 0 Å². The highest BCUT2D eigenvalue weighted by molar-refractivity contribution is 5.73. The van der Waals surface area contributed by atoms with Crippen molar-refractivity contribution in [3.8, 4) is 0 Å². The maximum atomic E-state index is 10.7. The highest BCUT2D eigenvalue weighted by Gasteiger charge is 2.13. The van der Waals surface area contributed by atoms with Crippen LogP contribution in [0.1, 0.15) is 12.0 Å². The van der Waals surface area contributed by atoms with E-state index in [1.54, 1.807) is 19.4 Å². The molecule has 0 bridgehead atoms. The Bertz CT molecular complexity index is 289. The molecule has 0 spiro atoms. The molecule has 5 heteroatoms. The Kier molecular flexibility index (Phi) is 4.00. The Hall–Kier alpha value is -1.49. The van der Waals surface area contributed by atoms with Gasteiger partial charge >= 0.3 is 5.97 Å². The predicted octanol–water partition coefficient (Wildman–Crippen LogP) is 0.0818. The highest BCUT2D eigenvalue weighted by Crippen LogP contribution is 2.02. The second kappa shape index (κ2) is 5.29. The first-order valence-electron chi connectivity index (χ1n) is 4.38. The summed E-state index contributed by atoms with van der Waals surface area (Å²) in [7, 11) is 1.64. The number of hydrogen-bond acceptors (Lipinski definition) is 4. The molecule has 0 aliphatic rings. The zero-order valence-electron chi connectivity index (χ0n) is 7.97. The molecule has 0 saturated carbocycles. The quantitative estimate of drug-likeness (QED) is 0.696. The van der Waals surface area contributed by atoms with Crippen LogP contribution in [0.4, 0.5) is 0 Å². The minimum Gasteiger partial charge on any atom is -0.480 e. The number of hydrogen-bond donors (Lipinski definition) is 2. The van der Waals surface area contributed by atoms with Crippen LogP contribution in [0, 0.1) is 0 Å². The molecule has 1 aromatic rings. The normalized spacial score (nSPS) is 12.4. The van der Waals surface area contributed by atoms with E-state index in [9.17, 15) is 4.79 Å². The molecule has 0 aromatic carbocycles. The Balaban J connectivity index is 2.44. The number of nitrogens with one attached hydrogen (secondary N) is 1. The van der Waals surface area contributed by atoms with E-state index in [1.165, 1.54) is 6.33 Å². The lowest BCUT2D eigenvalue weighted by atomic mass is 10.1. The monoisotopic (exact) mass is 195 g/mol. The van der Waals surface area contributed by atoms with Gasteiger partial charge in [-0.05, 0) is 25.5 Å². The first kappa shape index (κ1) is 10.6. The topological polar surface area (TPSA) is 75.1 Å². The first-order chi connectivity index (χ1) is 6.74. The van der Waals surface area contributed by atoms with Gasteiger partial charge in [0.1, 0.15) is 12.4 Å². The third-order valence-electron chi connectivity index (χ3n) is 1.98. The molecule has 1 unspecified atom stereocenters. The van der Waals surface area contributed by atoms with Gasteiger partial charge in [-0.2, -0.15) is 0 Å². The molecule has 2 N–H and O–H groups in total. The number of aliphatic carboxylic acids is 1. The van der Waals surface area contributed by atoms with E-state index in [1.807, 2.05) is 0 Å². The lowest BCUT2D eigenvalue weighted by molar-refractivity contribution is -0.139. The number of carboxylic acids is 1. The molecule has 1 heterocycles. The summed E-state index contributed by atoms with van der Waals surface area (Å²) in [6.45, 7) is 0. The summed E-state index contributed by atoms with van der Waals surface area (Å²) in [6.07, 6.45) is 6.05. The summed E-state index contributed by atoms with van der Waals surface area (Å²) in [5.74, 6) is -0.829. The van der Waals surface area contributed by atoms with Gasteiger partial charge in [-0.1, -0.05) is 0 Å². The van der Waals surface area contributed by atoms with E-state index in [-0.39, 0.29) is 0 Å². The maximum Gasteiger partial charge on any atom is 0.320 e. The molecule has 0 fully saturated rings. The van der Waals surface area contributed by atoms with Crippen molar-refractivity contribution in [2.75, 3.05) is 7.05 Å². The van der Waals surface area contributed by atoms with Gasteiger partial charge in [-0.3, -0.25) is 4.79 Å². The van der Waals surface area contributed by atoms with Gasteiger partial charge in [0, 0.05) is 12.4 Å². The Labute approximate surface area is 82.2 Å². The second-order valence-electron chi connectivity index (χ2n) is 2.96. The Morgan fingerprint density at radius 3 is 2.71 bits per heavy atom. The van der Waals surface area contributed by atoms with Crippen LogP contribution in [-0.4, -0.2) is 34.1 Å². The Morgan fingerprint density at radius 2 is 2.21 bits per heavy atom. The summed E-state index contributed by atoms with van der Waals surface area (Å²) < 4.78 is 0. The average Bonchev–Trinajstić information content (AvgIpc) is 2.20. The van der Waals surface area contributed by atoms with Crippen molar-refractivity contribution in [2.24, 2.45) is 0 Å². The van der Waals surface area contributed by atoms with Crippen molar-refractivity contribution in [3.05, 3.63) is 24.3 Å². The Morgan fingerprint density at radius 1 is 1.57 bits per heavy atom. The lowest BCUT2D eigenvalue weighted by Crippen LogP contribution is -2.34. The van der Waals surface area contributed by atoms with E-state index in [0.29, 0.717) is 12.8 Å². The molecular weight excluding hydrogens is 182 g/mol. The van der Waals surface area contributed by atoms with E-state index in [2.05, 4.69) is 15.3 Å². The standard InChI is InChI=1S/C9H13N3O2/c1-10-8(9(13)14)3-2-7-4-11-6-12-5-7/h4-6,8,10H,2-3H2,1H3,(H,13,14). The van der Waals surface area contributed by atoms with Gasteiger partial charge in [0.25, 0.3) is 0 Å². The van der Waals surface area contributed by atoms with Gasteiger partial charge in [-0.15, -0.1) is 0 Å². The number of likely N-dealkylation sites (N-methyl/N-ethyl adjacent to an activating group) is 1. The molecule has 76 valence electrons. The molecule has 0 aliphatic carbocycles. The zero-order chi connectivity index (χ0) is 10.4. The van der Waals surface area contributed by atoms with Crippen LogP contribution in [0.15, 0.2) is 18.7 Å². The van der Waals surface area contributed by atoms with Crippen LogP contribution in [0.25, 0.3) is 0 Å². The van der Waals surface area contributed by atoms with Crippen LogP contribution in [0.5, 0.6) is 0 Å². The molecule has 1 aromatic heterocycles. The highest BCUT2D eigenvalue weighted by atomic mass is 16.4. The van der Waals surface area contributed by atoms with Crippen molar-refractivity contribution >= 4 is 5.97 Å². The molecule has 5 nitrogen and oxygen atoms in total. The van der Waals surface area contributed by atoms with Gasteiger partial charge < -0.3 is 10.4 Å². The van der Waals surface area contributed by atoms with Gasteiger partial charge in [0.15, 0.2) is 0 Å². The summed E-state index contributed by atoms with van der Waals surface area (Å²) >= 11 is 0. The molecule has 0 amide bonds. The fourth-order valence-electron chi connectivity index (χ4n) is 1.16. The molecule has 14 heavy (non-hydrogen) atoms. The average molecular weight is 195 g/mol. The van der Waals surface area contributed by atoms with Crippen LogP contribution in [-0.2, 0) is 11.2 Å². The smallest absolute Gasteiger partial charge is 0.320 e. The lowest BCUT2D eigenvalue weighted by Gasteiger charge is -2.09. The molecule has 0 radical (unpaired) electrons. The zero-order valence-corrected chi connectivity index (χ0v) is 7.97. The van der Waals surface area contributed by atoms with E-state index in [0.717, 1.165) is 5.56 Å². The van der Waals surface area contributed by atoms with Crippen molar-refractivity contribution in [2.45, 2.75) is 18.9 Å².